The Morgan fingerprint density at radius 3 is 2.59 bits per heavy atom. The molecular formula is C18H21F3N2O4. The SMILES string of the molecule is C[C@]1(O)N(CC(=O)Nc2cccc(C(F)(F)F)c2)C(=O)OC12CCCCC2. The number of carbonyl (C=O) groups excluding carboxylic acids is 2. The van der Waals surface area contributed by atoms with Gasteiger partial charge in [0, 0.05) is 5.69 Å². The average Bonchev–Trinajstić information content (AvgIpc) is 2.75. The number of alkyl halides is 3. The predicted octanol–water partition coefficient (Wildman–Crippen LogP) is 3.51. The smallest absolute Gasteiger partial charge is 0.416 e. The van der Waals surface area contributed by atoms with E-state index in [4.69, 9.17) is 4.74 Å². The Bertz CT molecular complexity index is 742. The van der Waals surface area contributed by atoms with Gasteiger partial charge >= 0.3 is 12.3 Å². The molecule has 0 radical (unpaired) electrons. The zero-order chi connectivity index (χ0) is 19.9. The highest BCUT2D eigenvalue weighted by Crippen LogP contribution is 2.46. The highest BCUT2D eigenvalue weighted by molar-refractivity contribution is 5.94. The molecule has 1 saturated carbocycles. The molecule has 1 spiro atoms. The molecule has 2 fully saturated rings. The summed E-state index contributed by atoms with van der Waals surface area (Å²) in [5.74, 6) is -0.723. The number of hydrogen-bond acceptors (Lipinski definition) is 4. The molecule has 27 heavy (non-hydrogen) atoms. The van der Waals surface area contributed by atoms with Crippen LogP contribution in [0.15, 0.2) is 24.3 Å². The summed E-state index contributed by atoms with van der Waals surface area (Å²) in [6.45, 7) is 0.907. The van der Waals surface area contributed by atoms with E-state index in [1.165, 1.54) is 19.1 Å². The van der Waals surface area contributed by atoms with Crippen LogP contribution in [0.2, 0.25) is 0 Å². The first-order valence-corrected chi connectivity index (χ1v) is 8.75. The van der Waals surface area contributed by atoms with E-state index in [0.29, 0.717) is 12.8 Å². The van der Waals surface area contributed by atoms with Crippen LogP contribution in [0.3, 0.4) is 0 Å². The van der Waals surface area contributed by atoms with Crippen molar-refractivity contribution in [2.45, 2.75) is 56.5 Å². The fourth-order valence-electron chi connectivity index (χ4n) is 3.78. The first kappa shape index (κ1) is 19.5. The second kappa shape index (κ2) is 6.70. The Morgan fingerprint density at radius 2 is 1.96 bits per heavy atom. The van der Waals surface area contributed by atoms with Crippen LogP contribution in [0.4, 0.5) is 23.7 Å². The van der Waals surface area contributed by atoms with Crippen LogP contribution in [0.25, 0.3) is 0 Å². The molecule has 9 heteroatoms. The van der Waals surface area contributed by atoms with Gasteiger partial charge in [0.1, 0.15) is 6.54 Å². The molecule has 1 atom stereocenters. The Balaban J connectivity index is 1.72. The maximum atomic E-state index is 12.8. The normalized spacial score (nSPS) is 24.8. The fourth-order valence-corrected chi connectivity index (χ4v) is 3.78. The summed E-state index contributed by atoms with van der Waals surface area (Å²) in [5, 5.41) is 13.2. The lowest BCUT2D eigenvalue weighted by molar-refractivity contribution is -0.160. The third-order valence-corrected chi connectivity index (χ3v) is 5.33. The van der Waals surface area contributed by atoms with Gasteiger partial charge < -0.3 is 15.2 Å². The van der Waals surface area contributed by atoms with Crippen molar-refractivity contribution in [1.29, 1.82) is 0 Å². The molecule has 2 amide bonds. The van der Waals surface area contributed by atoms with Crippen LogP contribution in [0, 0.1) is 0 Å². The number of halogens is 3. The average molecular weight is 386 g/mol. The molecule has 0 bridgehead atoms. The summed E-state index contributed by atoms with van der Waals surface area (Å²) in [4.78, 5) is 25.5. The highest BCUT2D eigenvalue weighted by atomic mass is 19.4. The Labute approximate surface area is 154 Å². The topological polar surface area (TPSA) is 78.9 Å². The van der Waals surface area contributed by atoms with E-state index in [2.05, 4.69) is 5.32 Å². The summed E-state index contributed by atoms with van der Waals surface area (Å²) in [5.41, 5.74) is -3.67. The van der Waals surface area contributed by atoms with Crippen molar-refractivity contribution in [3.05, 3.63) is 29.8 Å². The van der Waals surface area contributed by atoms with Gasteiger partial charge in [-0.1, -0.05) is 12.5 Å². The standard InChI is InChI=1S/C18H21F3N2O4/c1-16(26)17(8-3-2-4-9-17)27-15(25)23(16)11-14(24)22-13-7-5-6-12(10-13)18(19,20)21/h5-7,10,26H,2-4,8-9,11H2,1H3,(H,22,24)/t16-/m1/s1. The van der Waals surface area contributed by atoms with E-state index in [-0.39, 0.29) is 5.69 Å². The molecule has 0 unspecified atom stereocenters. The molecule has 1 aromatic carbocycles. The number of carbonyl (C=O) groups is 2. The van der Waals surface area contributed by atoms with E-state index >= 15 is 0 Å². The molecule has 1 heterocycles. The number of hydrogen-bond donors (Lipinski definition) is 2. The van der Waals surface area contributed by atoms with E-state index < -0.39 is 41.6 Å². The van der Waals surface area contributed by atoms with Crippen LogP contribution < -0.4 is 5.32 Å². The largest absolute Gasteiger partial charge is 0.438 e. The molecular weight excluding hydrogens is 365 g/mol. The van der Waals surface area contributed by atoms with Crippen molar-refractivity contribution in [2.75, 3.05) is 11.9 Å². The zero-order valence-corrected chi connectivity index (χ0v) is 14.8. The van der Waals surface area contributed by atoms with Crippen molar-refractivity contribution >= 4 is 17.7 Å². The lowest BCUT2D eigenvalue weighted by Gasteiger charge is -2.41. The first-order valence-electron chi connectivity index (χ1n) is 8.75. The number of aliphatic hydroxyl groups is 1. The molecule has 2 N–H and O–H groups in total. The van der Waals surface area contributed by atoms with Gasteiger partial charge in [-0.15, -0.1) is 0 Å². The summed E-state index contributed by atoms with van der Waals surface area (Å²) < 4.78 is 43.8. The summed E-state index contributed by atoms with van der Waals surface area (Å²) >= 11 is 0. The second-order valence-corrected chi connectivity index (χ2v) is 7.16. The summed E-state index contributed by atoms with van der Waals surface area (Å²) in [7, 11) is 0. The number of rotatable bonds is 3. The minimum absolute atomic E-state index is 0.0468. The number of nitrogens with one attached hydrogen (secondary N) is 1. The molecule has 148 valence electrons. The molecule has 3 rings (SSSR count). The number of ether oxygens (including phenoxy) is 1. The van der Waals surface area contributed by atoms with Crippen LogP contribution >= 0.6 is 0 Å². The number of benzene rings is 1. The van der Waals surface area contributed by atoms with Crippen molar-refractivity contribution in [3.63, 3.8) is 0 Å². The van der Waals surface area contributed by atoms with Gasteiger partial charge in [-0.3, -0.25) is 9.69 Å². The van der Waals surface area contributed by atoms with Crippen molar-refractivity contribution < 1.29 is 32.6 Å². The summed E-state index contributed by atoms with van der Waals surface area (Å²) in [6.07, 6.45) is -1.76. The van der Waals surface area contributed by atoms with E-state index in [0.717, 1.165) is 36.3 Å². The van der Waals surface area contributed by atoms with Gasteiger partial charge in [0.25, 0.3) is 0 Å². The predicted molar refractivity (Wildman–Crippen MR) is 89.7 cm³/mol. The lowest BCUT2D eigenvalue weighted by Crippen LogP contribution is -2.58. The molecule has 1 saturated heterocycles. The van der Waals surface area contributed by atoms with Crippen LogP contribution in [0.1, 0.15) is 44.6 Å². The van der Waals surface area contributed by atoms with E-state index in [9.17, 15) is 27.9 Å². The molecule has 2 aliphatic rings. The van der Waals surface area contributed by atoms with Gasteiger partial charge in [0.2, 0.25) is 5.91 Å². The van der Waals surface area contributed by atoms with Gasteiger partial charge in [0.15, 0.2) is 11.3 Å². The minimum Gasteiger partial charge on any atom is -0.438 e. The fraction of sp³-hybridized carbons (Fsp3) is 0.556. The zero-order valence-electron chi connectivity index (χ0n) is 14.8. The van der Waals surface area contributed by atoms with E-state index in [1.807, 2.05) is 0 Å². The number of amides is 2. The quantitative estimate of drug-likeness (QED) is 0.833. The van der Waals surface area contributed by atoms with Gasteiger partial charge in [-0.05, 0) is 50.8 Å². The van der Waals surface area contributed by atoms with Gasteiger partial charge in [-0.2, -0.15) is 13.2 Å². The van der Waals surface area contributed by atoms with Gasteiger partial charge in [0.05, 0.1) is 5.56 Å². The van der Waals surface area contributed by atoms with Crippen LogP contribution in [-0.4, -0.2) is 39.9 Å². The molecule has 1 aliphatic heterocycles. The molecule has 1 aromatic rings. The van der Waals surface area contributed by atoms with E-state index in [1.54, 1.807) is 0 Å². The third kappa shape index (κ3) is 3.60. The van der Waals surface area contributed by atoms with Crippen molar-refractivity contribution in [3.8, 4) is 0 Å². The third-order valence-electron chi connectivity index (χ3n) is 5.33. The first-order chi connectivity index (χ1) is 12.6. The minimum atomic E-state index is -4.53. The lowest BCUT2D eigenvalue weighted by atomic mass is 9.77. The summed E-state index contributed by atoms with van der Waals surface area (Å²) in [6, 6.07) is 4.19. The molecule has 6 nitrogen and oxygen atoms in total. The number of nitrogens with zero attached hydrogens (tertiary/aromatic N) is 1. The maximum absolute atomic E-state index is 12.8. The van der Waals surface area contributed by atoms with Crippen molar-refractivity contribution in [1.82, 2.24) is 4.90 Å². The maximum Gasteiger partial charge on any atom is 0.416 e. The Hall–Kier alpha value is -2.29. The van der Waals surface area contributed by atoms with Crippen LogP contribution in [-0.2, 0) is 15.7 Å². The molecule has 0 aromatic heterocycles. The van der Waals surface area contributed by atoms with Crippen LogP contribution in [0.5, 0.6) is 0 Å². The Kier molecular flexibility index (Phi) is 4.83. The van der Waals surface area contributed by atoms with Gasteiger partial charge in [-0.25, -0.2) is 4.79 Å². The monoisotopic (exact) mass is 386 g/mol. The number of anilines is 1. The highest BCUT2D eigenvalue weighted by Gasteiger charge is 2.62. The molecule has 1 aliphatic carbocycles. The Morgan fingerprint density at radius 1 is 1.30 bits per heavy atom. The van der Waals surface area contributed by atoms with Crippen molar-refractivity contribution in [2.24, 2.45) is 0 Å². The second-order valence-electron chi connectivity index (χ2n) is 7.16.